The molecule has 0 aromatic heterocycles. The number of amides is 1. The number of hydrogen-bond acceptors (Lipinski definition) is 3. The average molecular weight is 196 g/mol. The van der Waals surface area contributed by atoms with Gasteiger partial charge in [-0.15, -0.1) is 0 Å². The van der Waals surface area contributed by atoms with Crippen LogP contribution in [0, 0.1) is 0 Å². The fraction of sp³-hybridized carbons (Fsp3) is 0.700. The Morgan fingerprint density at radius 3 is 2.57 bits per heavy atom. The monoisotopic (exact) mass is 196 g/mol. The van der Waals surface area contributed by atoms with Crippen LogP contribution < -0.4 is 10.6 Å². The number of nitrogens with one attached hydrogen (secondary N) is 2. The third-order valence-electron chi connectivity index (χ3n) is 3.08. The molecule has 2 rings (SSSR count). The maximum atomic E-state index is 11.7. The highest BCUT2D eigenvalue weighted by Gasteiger charge is 2.43. The molecule has 3 N–H and O–H groups in total. The van der Waals surface area contributed by atoms with E-state index in [1.165, 1.54) is 5.57 Å². The lowest BCUT2D eigenvalue weighted by atomic mass is 10.0. The normalized spacial score (nSPS) is 22.6. The highest BCUT2D eigenvalue weighted by Crippen LogP contribution is 2.34. The average Bonchev–Trinajstić information content (AvgIpc) is 2.82. The lowest BCUT2D eigenvalue weighted by Gasteiger charge is -2.23. The van der Waals surface area contributed by atoms with Gasteiger partial charge in [-0.25, -0.2) is 0 Å². The SMILES string of the molecule is CC(C(=O)NC1(CO)CC1)=C1CNC1. The summed E-state index contributed by atoms with van der Waals surface area (Å²) in [5, 5.41) is 15.0. The molecule has 1 saturated heterocycles. The fourth-order valence-corrected chi connectivity index (χ4v) is 1.48. The molecule has 0 spiro atoms. The number of rotatable bonds is 3. The zero-order chi connectivity index (χ0) is 10.2. The molecule has 0 atom stereocenters. The van der Waals surface area contributed by atoms with Crippen LogP contribution in [0.4, 0.5) is 0 Å². The van der Waals surface area contributed by atoms with E-state index in [9.17, 15) is 4.79 Å². The first-order chi connectivity index (χ1) is 6.67. The highest BCUT2D eigenvalue weighted by molar-refractivity contribution is 5.94. The Morgan fingerprint density at radius 2 is 2.21 bits per heavy atom. The molecule has 2 aliphatic rings. The first-order valence-electron chi connectivity index (χ1n) is 5.00. The fourth-order valence-electron chi connectivity index (χ4n) is 1.48. The second-order valence-corrected chi connectivity index (χ2v) is 4.22. The van der Waals surface area contributed by atoms with Gasteiger partial charge in [0.15, 0.2) is 0 Å². The number of carbonyl (C=O) groups is 1. The molecule has 1 aliphatic heterocycles. The molecule has 1 saturated carbocycles. The van der Waals surface area contributed by atoms with Crippen molar-refractivity contribution in [2.75, 3.05) is 19.7 Å². The van der Waals surface area contributed by atoms with Crippen molar-refractivity contribution in [1.29, 1.82) is 0 Å². The number of carbonyl (C=O) groups excluding carboxylic acids is 1. The molecule has 0 radical (unpaired) electrons. The van der Waals surface area contributed by atoms with E-state index in [-0.39, 0.29) is 18.1 Å². The van der Waals surface area contributed by atoms with E-state index in [0.29, 0.717) is 0 Å². The van der Waals surface area contributed by atoms with Gasteiger partial charge in [-0.2, -0.15) is 0 Å². The lowest BCUT2D eigenvalue weighted by Crippen LogP contribution is -2.43. The Balaban J connectivity index is 1.95. The van der Waals surface area contributed by atoms with Crippen LogP contribution >= 0.6 is 0 Å². The highest BCUT2D eigenvalue weighted by atomic mass is 16.3. The van der Waals surface area contributed by atoms with Gasteiger partial charge in [-0.1, -0.05) is 0 Å². The van der Waals surface area contributed by atoms with Gasteiger partial charge in [0.1, 0.15) is 0 Å². The summed E-state index contributed by atoms with van der Waals surface area (Å²) < 4.78 is 0. The minimum Gasteiger partial charge on any atom is -0.394 e. The molecule has 1 heterocycles. The number of hydrogen-bond donors (Lipinski definition) is 3. The minimum atomic E-state index is -0.296. The molecule has 1 amide bonds. The molecule has 78 valence electrons. The quantitative estimate of drug-likeness (QED) is 0.536. The van der Waals surface area contributed by atoms with E-state index in [0.717, 1.165) is 31.5 Å². The largest absolute Gasteiger partial charge is 0.394 e. The van der Waals surface area contributed by atoms with Crippen LogP contribution in [-0.2, 0) is 4.79 Å². The first kappa shape index (κ1) is 9.68. The summed E-state index contributed by atoms with van der Waals surface area (Å²) in [5.74, 6) is -0.0203. The molecule has 14 heavy (non-hydrogen) atoms. The summed E-state index contributed by atoms with van der Waals surface area (Å²) in [4.78, 5) is 11.7. The van der Waals surface area contributed by atoms with Crippen LogP contribution in [0.2, 0.25) is 0 Å². The Labute approximate surface area is 83.4 Å². The van der Waals surface area contributed by atoms with Crippen molar-refractivity contribution < 1.29 is 9.90 Å². The van der Waals surface area contributed by atoms with E-state index in [1.807, 2.05) is 6.92 Å². The van der Waals surface area contributed by atoms with Crippen LogP contribution in [0.3, 0.4) is 0 Å². The van der Waals surface area contributed by atoms with Crippen molar-refractivity contribution in [2.24, 2.45) is 0 Å². The molecule has 0 unspecified atom stereocenters. The topological polar surface area (TPSA) is 61.4 Å². The van der Waals surface area contributed by atoms with Crippen LogP contribution in [0.1, 0.15) is 19.8 Å². The molecule has 0 bridgehead atoms. The standard InChI is InChI=1S/C10H16N2O2/c1-7(8-4-11-5-8)9(14)12-10(6-13)2-3-10/h11,13H,2-6H2,1H3,(H,12,14). The summed E-state index contributed by atoms with van der Waals surface area (Å²) in [5.41, 5.74) is 1.69. The van der Waals surface area contributed by atoms with E-state index in [1.54, 1.807) is 0 Å². The van der Waals surface area contributed by atoms with E-state index >= 15 is 0 Å². The van der Waals surface area contributed by atoms with Crippen LogP contribution in [-0.4, -0.2) is 36.2 Å². The summed E-state index contributed by atoms with van der Waals surface area (Å²) in [6.45, 7) is 3.55. The summed E-state index contributed by atoms with van der Waals surface area (Å²) >= 11 is 0. The third-order valence-corrected chi connectivity index (χ3v) is 3.08. The van der Waals surface area contributed by atoms with Crippen LogP contribution in [0.25, 0.3) is 0 Å². The van der Waals surface area contributed by atoms with Gasteiger partial charge in [0.25, 0.3) is 0 Å². The minimum absolute atomic E-state index is 0.0203. The summed E-state index contributed by atoms with van der Waals surface area (Å²) in [6, 6.07) is 0. The van der Waals surface area contributed by atoms with Gasteiger partial charge in [0, 0.05) is 18.7 Å². The maximum Gasteiger partial charge on any atom is 0.247 e. The second-order valence-electron chi connectivity index (χ2n) is 4.22. The Bertz CT molecular complexity index is 286. The zero-order valence-corrected chi connectivity index (χ0v) is 8.39. The van der Waals surface area contributed by atoms with Gasteiger partial charge < -0.3 is 15.7 Å². The summed E-state index contributed by atoms with van der Waals surface area (Å²) in [6.07, 6.45) is 1.80. The molecular weight excluding hydrogens is 180 g/mol. The Morgan fingerprint density at radius 1 is 1.57 bits per heavy atom. The van der Waals surface area contributed by atoms with Crippen molar-refractivity contribution in [3.63, 3.8) is 0 Å². The predicted molar refractivity (Wildman–Crippen MR) is 52.8 cm³/mol. The predicted octanol–water partition coefficient (Wildman–Crippen LogP) is -0.453. The third kappa shape index (κ3) is 1.67. The molecule has 0 aromatic rings. The van der Waals surface area contributed by atoms with E-state index in [2.05, 4.69) is 10.6 Å². The van der Waals surface area contributed by atoms with E-state index in [4.69, 9.17) is 5.11 Å². The van der Waals surface area contributed by atoms with Crippen molar-refractivity contribution >= 4 is 5.91 Å². The number of aliphatic hydroxyl groups excluding tert-OH is 1. The molecular formula is C10H16N2O2. The zero-order valence-electron chi connectivity index (χ0n) is 8.39. The molecule has 1 aliphatic carbocycles. The second kappa shape index (κ2) is 3.37. The van der Waals surface area contributed by atoms with Crippen LogP contribution in [0.5, 0.6) is 0 Å². The Kier molecular flexibility index (Phi) is 2.33. The summed E-state index contributed by atoms with van der Waals surface area (Å²) in [7, 11) is 0. The number of aliphatic hydroxyl groups is 1. The first-order valence-corrected chi connectivity index (χ1v) is 5.00. The van der Waals surface area contributed by atoms with Gasteiger partial charge in [-0.05, 0) is 25.3 Å². The van der Waals surface area contributed by atoms with Gasteiger partial charge in [-0.3, -0.25) is 4.79 Å². The van der Waals surface area contributed by atoms with Crippen LogP contribution in [0.15, 0.2) is 11.1 Å². The van der Waals surface area contributed by atoms with Gasteiger partial charge in [0.05, 0.1) is 12.1 Å². The molecule has 0 aromatic carbocycles. The van der Waals surface area contributed by atoms with Crippen molar-refractivity contribution in [1.82, 2.24) is 10.6 Å². The van der Waals surface area contributed by atoms with Gasteiger partial charge in [0.2, 0.25) is 5.91 Å². The Hall–Kier alpha value is -0.870. The molecule has 4 heteroatoms. The van der Waals surface area contributed by atoms with Crippen molar-refractivity contribution in [2.45, 2.75) is 25.3 Å². The molecule has 2 fully saturated rings. The van der Waals surface area contributed by atoms with Gasteiger partial charge >= 0.3 is 0 Å². The van der Waals surface area contributed by atoms with Crippen molar-refractivity contribution in [3.05, 3.63) is 11.1 Å². The lowest BCUT2D eigenvalue weighted by molar-refractivity contribution is -0.118. The molecule has 4 nitrogen and oxygen atoms in total. The van der Waals surface area contributed by atoms with E-state index < -0.39 is 0 Å². The maximum absolute atomic E-state index is 11.7. The smallest absolute Gasteiger partial charge is 0.247 e. The van der Waals surface area contributed by atoms with Crippen molar-refractivity contribution in [3.8, 4) is 0 Å².